The lowest BCUT2D eigenvalue weighted by molar-refractivity contribution is 0.303. The third-order valence-corrected chi connectivity index (χ3v) is 3.10. The summed E-state index contributed by atoms with van der Waals surface area (Å²) in [4.78, 5) is 3.88. The average Bonchev–Trinajstić information content (AvgIpc) is 2.84. The molecular formula is C15H11FN2O2S. The number of nitrogens with two attached hydrogens (primary N) is 1. The number of thiocarbonyl (C=S) groups is 1. The molecule has 6 heteroatoms. The highest BCUT2D eigenvalue weighted by Gasteiger charge is 2.17. The van der Waals surface area contributed by atoms with Gasteiger partial charge in [-0.3, -0.25) is 4.98 Å². The first kappa shape index (κ1) is 13.5. The summed E-state index contributed by atoms with van der Waals surface area (Å²) in [6.07, 6.45) is 2.67. The van der Waals surface area contributed by atoms with Crippen molar-refractivity contribution in [2.45, 2.75) is 6.61 Å². The minimum atomic E-state index is -0.414. The van der Waals surface area contributed by atoms with Gasteiger partial charge in [0, 0.05) is 11.8 Å². The Morgan fingerprint density at radius 3 is 2.90 bits per heavy atom. The van der Waals surface area contributed by atoms with Crippen molar-refractivity contribution in [2.24, 2.45) is 5.73 Å². The van der Waals surface area contributed by atoms with Gasteiger partial charge in [-0.1, -0.05) is 24.4 Å². The number of fused-ring (bicyclic) bond motifs is 1. The first-order valence-corrected chi connectivity index (χ1v) is 6.59. The summed E-state index contributed by atoms with van der Waals surface area (Å²) in [6, 6.07) is 8.70. The lowest BCUT2D eigenvalue weighted by atomic mass is 10.2. The average molecular weight is 302 g/mol. The Kier molecular flexibility index (Phi) is 3.53. The standard InChI is InChI=1S/C15H11FN2O2S/c16-10-5-9(6-18-7-10)8-19-13-11-3-1-2-4-12(11)20-14(13)15(17)21/h1-7H,8H2,(H2,17,21). The van der Waals surface area contributed by atoms with Crippen molar-refractivity contribution in [1.82, 2.24) is 4.98 Å². The fourth-order valence-corrected chi connectivity index (χ4v) is 2.15. The molecule has 0 aliphatic carbocycles. The van der Waals surface area contributed by atoms with Crippen LogP contribution in [0.25, 0.3) is 11.0 Å². The van der Waals surface area contributed by atoms with E-state index in [0.29, 0.717) is 22.7 Å². The third-order valence-electron chi connectivity index (χ3n) is 2.92. The number of furan rings is 1. The molecule has 106 valence electrons. The molecular weight excluding hydrogens is 291 g/mol. The van der Waals surface area contributed by atoms with E-state index >= 15 is 0 Å². The number of benzene rings is 1. The molecule has 0 atom stereocenters. The normalized spacial score (nSPS) is 10.7. The number of aromatic nitrogens is 1. The second-order valence-corrected chi connectivity index (χ2v) is 4.86. The zero-order valence-corrected chi connectivity index (χ0v) is 11.7. The maximum atomic E-state index is 13.1. The molecule has 3 rings (SSSR count). The van der Waals surface area contributed by atoms with E-state index < -0.39 is 5.82 Å². The Morgan fingerprint density at radius 2 is 2.14 bits per heavy atom. The van der Waals surface area contributed by atoms with Crippen LogP contribution in [0.15, 0.2) is 47.1 Å². The zero-order chi connectivity index (χ0) is 14.8. The van der Waals surface area contributed by atoms with Crippen LogP contribution in [0.5, 0.6) is 5.75 Å². The van der Waals surface area contributed by atoms with Crippen LogP contribution in [0.4, 0.5) is 4.39 Å². The minimum Gasteiger partial charge on any atom is -0.484 e. The molecule has 2 N–H and O–H groups in total. The number of pyridine rings is 1. The third kappa shape index (κ3) is 2.71. The van der Waals surface area contributed by atoms with Crippen LogP contribution in [0.1, 0.15) is 11.3 Å². The number of ether oxygens (including phenoxy) is 1. The van der Waals surface area contributed by atoms with Crippen molar-refractivity contribution >= 4 is 28.2 Å². The highest BCUT2D eigenvalue weighted by atomic mass is 32.1. The number of halogens is 1. The van der Waals surface area contributed by atoms with E-state index in [1.807, 2.05) is 18.2 Å². The van der Waals surface area contributed by atoms with E-state index in [-0.39, 0.29) is 11.6 Å². The van der Waals surface area contributed by atoms with Gasteiger partial charge in [0.2, 0.25) is 5.76 Å². The molecule has 1 aromatic carbocycles. The van der Waals surface area contributed by atoms with Crippen molar-refractivity contribution in [3.05, 3.63) is 59.9 Å². The number of hydrogen-bond donors (Lipinski definition) is 1. The maximum absolute atomic E-state index is 13.1. The Morgan fingerprint density at radius 1 is 1.33 bits per heavy atom. The predicted octanol–water partition coefficient (Wildman–Crippen LogP) is 3.18. The first-order valence-electron chi connectivity index (χ1n) is 6.18. The highest BCUT2D eigenvalue weighted by molar-refractivity contribution is 7.80. The number of rotatable bonds is 4. The van der Waals surface area contributed by atoms with Gasteiger partial charge >= 0.3 is 0 Å². The molecule has 0 bridgehead atoms. The van der Waals surface area contributed by atoms with Gasteiger partial charge in [0.25, 0.3) is 0 Å². The lowest BCUT2D eigenvalue weighted by Crippen LogP contribution is -2.10. The lowest BCUT2D eigenvalue weighted by Gasteiger charge is -2.06. The molecule has 2 heterocycles. The molecule has 0 aliphatic heterocycles. The summed E-state index contributed by atoms with van der Waals surface area (Å²) in [5.74, 6) is 0.362. The Labute approximate surface area is 125 Å². The van der Waals surface area contributed by atoms with Gasteiger partial charge in [-0.05, 0) is 18.2 Å². The SMILES string of the molecule is NC(=S)c1oc2ccccc2c1OCc1cncc(F)c1. The van der Waals surface area contributed by atoms with E-state index in [1.54, 1.807) is 6.07 Å². The van der Waals surface area contributed by atoms with Crippen LogP contribution in [0, 0.1) is 5.82 Å². The zero-order valence-electron chi connectivity index (χ0n) is 10.9. The predicted molar refractivity (Wildman–Crippen MR) is 80.6 cm³/mol. The summed E-state index contributed by atoms with van der Waals surface area (Å²) in [5.41, 5.74) is 6.89. The van der Waals surface area contributed by atoms with E-state index in [0.717, 1.165) is 11.6 Å². The van der Waals surface area contributed by atoms with E-state index in [9.17, 15) is 4.39 Å². The molecule has 0 unspecified atom stereocenters. The summed E-state index contributed by atoms with van der Waals surface area (Å²) in [6.45, 7) is 0.143. The molecule has 2 aromatic heterocycles. The second kappa shape index (κ2) is 5.49. The molecule has 0 saturated heterocycles. The van der Waals surface area contributed by atoms with Crippen molar-refractivity contribution in [3.8, 4) is 5.75 Å². The molecule has 0 radical (unpaired) electrons. The molecule has 0 spiro atoms. The van der Waals surface area contributed by atoms with Crippen molar-refractivity contribution in [2.75, 3.05) is 0 Å². The number of nitrogens with zero attached hydrogens (tertiary/aromatic N) is 1. The summed E-state index contributed by atoms with van der Waals surface area (Å²) >= 11 is 4.97. The van der Waals surface area contributed by atoms with Gasteiger partial charge in [-0.25, -0.2) is 4.39 Å². The Hall–Kier alpha value is -2.47. The van der Waals surface area contributed by atoms with E-state index in [2.05, 4.69) is 4.98 Å². The van der Waals surface area contributed by atoms with E-state index in [4.69, 9.17) is 27.1 Å². The van der Waals surface area contributed by atoms with Crippen LogP contribution >= 0.6 is 12.2 Å². The van der Waals surface area contributed by atoms with Crippen LogP contribution in [0.2, 0.25) is 0 Å². The summed E-state index contributed by atoms with van der Waals surface area (Å²) in [7, 11) is 0. The van der Waals surface area contributed by atoms with Gasteiger partial charge in [-0.2, -0.15) is 0 Å². The molecule has 4 nitrogen and oxygen atoms in total. The summed E-state index contributed by atoms with van der Waals surface area (Å²) in [5, 5.41) is 0.768. The fraction of sp³-hybridized carbons (Fsp3) is 0.0667. The Balaban J connectivity index is 1.95. The number of para-hydroxylation sites is 1. The quantitative estimate of drug-likeness (QED) is 0.750. The molecule has 3 aromatic rings. The molecule has 0 saturated carbocycles. The monoisotopic (exact) mass is 302 g/mol. The minimum absolute atomic E-state index is 0.110. The maximum Gasteiger partial charge on any atom is 0.204 e. The van der Waals surface area contributed by atoms with Gasteiger partial charge < -0.3 is 14.9 Å². The van der Waals surface area contributed by atoms with Gasteiger partial charge in [-0.15, -0.1) is 0 Å². The van der Waals surface area contributed by atoms with Crippen molar-refractivity contribution < 1.29 is 13.5 Å². The molecule has 21 heavy (non-hydrogen) atoms. The van der Waals surface area contributed by atoms with Crippen molar-refractivity contribution in [3.63, 3.8) is 0 Å². The Bertz CT molecular complexity index is 816. The summed E-state index contributed by atoms with van der Waals surface area (Å²) < 4.78 is 24.4. The number of hydrogen-bond acceptors (Lipinski definition) is 4. The fourth-order valence-electron chi connectivity index (χ4n) is 2.02. The first-order chi connectivity index (χ1) is 10.1. The highest BCUT2D eigenvalue weighted by Crippen LogP contribution is 2.33. The molecule has 0 amide bonds. The van der Waals surface area contributed by atoms with Gasteiger partial charge in [0.15, 0.2) is 5.75 Å². The van der Waals surface area contributed by atoms with Crippen LogP contribution in [0.3, 0.4) is 0 Å². The van der Waals surface area contributed by atoms with Gasteiger partial charge in [0.1, 0.15) is 23.0 Å². The van der Waals surface area contributed by atoms with Crippen LogP contribution < -0.4 is 10.5 Å². The topological polar surface area (TPSA) is 61.3 Å². The largest absolute Gasteiger partial charge is 0.484 e. The van der Waals surface area contributed by atoms with E-state index in [1.165, 1.54) is 12.3 Å². The molecule has 0 aliphatic rings. The van der Waals surface area contributed by atoms with Crippen LogP contribution in [-0.4, -0.2) is 9.97 Å². The second-order valence-electron chi connectivity index (χ2n) is 4.42. The van der Waals surface area contributed by atoms with Crippen molar-refractivity contribution in [1.29, 1.82) is 0 Å². The smallest absolute Gasteiger partial charge is 0.204 e. The van der Waals surface area contributed by atoms with Gasteiger partial charge in [0.05, 0.1) is 11.6 Å². The molecule has 0 fully saturated rings. The van der Waals surface area contributed by atoms with Crippen LogP contribution in [-0.2, 0) is 6.61 Å².